The number of hydrogen-bond donors (Lipinski definition) is 1. The van der Waals surface area contributed by atoms with E-state index in [0.29, 0.717) is 0 Å². The number of imidazole rings is 1. The number of benzene rings is 1. The third kappa shape index (κ3) is 3.99. The molecule has 0 radical (unpaired) electrons. The first-order chi connectivity index (χ1) is 12.1. The van der Waals surface area contributed by atoms with Gasteiger partial charge in [-0.2, -0.15) is 5.10 Å². The second kappa shape index (κ2) is 7.66. The molecule has 0 bridgehead atoms. The van der Waals surface area contributed by atoms with Crippen LogP contribution < -0.4 is 0 Å². The molecule has 1 aromatic carbocycles. The number of allylic oxidation sites excluding steroid dienone is 1. The van der Waals surface area contributed by atoms with Gasteiger partial charge in [0.05, 0.1) is 23.8 Å². The molecule has 5 nitrogen and oxygen atoms in total. The molecule has 5 heteroatoms. The highest BCUT2D eigenvalue weighted by Crippen LogP contribution is 2.15. The smallest absolute Gasteiger partial charge is 0.108 e. The second-order valence-electron chi connectivity index (χ2n) is 6.55. The standard InChI is InChI=1S/C20H27N5/c1-5-10-25-16(4)17(13-21-25)14-24(6-2)11-9-20-22-18-8-7-15(3)12-19(18)23-20/h5,7-8,12-13H,1,6,9-11,14H2,2-4H3,(H,22,23). The SMILES string of the molecule is C=CCn1ncc(CN(CC)CCc2nc3ccc(C)cc3[nH]2)c1C. The second-order valence-corrected chi connectivity index (χ2v) is 6.55. The lowest BCUT2D eigenvalue weighted by Crippen LogP contribution is -2.26. The fourth-order valence-corrected chi connectivity index (χ4v) is 3.10. The van der Waals surface area contributed by atoms with E-state index in [2.05, 4.69) is 60.5 Å². The molecular formula is C20H27N5. The number of fused-ring (bicyclic) bond motifs is 1. The number of nitrogens with zero attached hydrogens (tertiary/aromatic N) is 4. The van der Waals surface area contributed by atoms with Gasteiger partial charge < -0.3 is 4.98 Å². The average molecular weight is 337 g/mol. The summed E-state index contributed by atoms with van der Waals surface area (Å²) in [5, 5.41) is 4.45. The zero-order chi connectivity index (χ0) is 17.8. The maximum Gasteiger partial charge on any atom is 0.108 e. The molecular weight excluding hydrogens is 310 g/mol. The number of rotatable bonds is 8. The van der Waals surface area contributed by atoms with E-state index < -0.39 is 0 Å². The Kier molecular flexibility index (Phi) is 5.34. The number of H-pyrrole nitrogens is 1. The van der Waals surface area contributed by atoms with Crippen LogP contribution in [-0.4, -0.2) is 37.7 Å². The van der Waals surface area contributed by atoms with Crippen LogP contribution in [0, 0.1) is 13.8 Å². The minimum absolute atomic E-state index is 0.760. The lowest BCUT2D eigenvalue weighted by Gasteiger charge is -2.19. The number of aromatic nitrogens is 4. The van der Waals surface area contributed by atoms with E-state index in [1.54, 1.807) is 0 Å². The highest BCUT2D eigenvalue weighted by Gasteiger charge is 2.11. The molecule has 2 aromatic heterocycles. The van der Waals surface area contributed by atoms with Gasteiger partial charge in [0.25, 0.3) is 0 Å². The summed E-state index contributed by atoms with van der Waals surface area (Å²) in [6.07, 6.45) is 4.78. The molecule has 0 amide bonds. The molecule has 1 N–H and O–H groups in total. The summed E-state index contributed by atoms with van der Waals surface area (Å²) in [6.45, 7) is 13.9. The van der Waals surface area contributed by atoms with Crippen molar-refractivity contribution in [2.24, 2.45) is 0 Å². The number of aromatic amines is 1. The Morgan fingerprint density at radius 1 is 1.32 bits per heavy atom. The summed E-state index contributed by atoms with van der Waals surface area (Å²) in [6, 6.07) is 6.34. The van der Waals surface area contributed by atoms with Crippen molar-refractivity contribution in [3.63, 3.8) is 0 Å². The van der Waals surface area contributed by atoms with Crippen molar-refractivity contribution in [3.05, 3.63) is 59.7 Å². The van der Waals surface area contributed by atoms with Gasteiger partial charge in [0.1, 0.15) is 5.82 Å². The largest absolute Gasteiger partial charge is 0.342 e. The van der Waals surface area contributed by atoms with Crippen LogP contribution in [0.1, 0.15) is 29.6 Å². The van der Waals surface area contributed by atoms with Crippen molar-refractivity contribution in [3.8, 4) is 0 Å². The van der Waals surface area contributed by atoms with Crippen LogP contribution in [0.25, 0.3) is 11.0 Å². The normalized spacial score (nSPS) is 11.5. The zero-order valence-electron chi connectivity index (χ0n) is 15.4. The van der Waals surface area contributed by atoms with Crippen molar-refractivity contribution >= 4 is 11.0 Å². The first-order valence-electron chi connectivity index (χ1n) is 8.90. The summed E-state index contributed by atoms with van der Waals surface area (Å²) in [5.74, 6) is 1.05. The van der Waals surface area contributed by atoms with Gasteiger partial charge >= 0.3 is 0 Å². The molecule has 3 rings (SSSR count). The van der Waals surface area contributed by atoms with Gasteiger partial charge in [-0.15, -0.1) is 6.58 Å². The minimum Gasteiger partial charge on any atom is -0.342 e. The van der Waals surface area contributed by atoms with E-state index in [0.717, 1.165) is 49.5 Å². The van der Waals surface area contributed by atoms with Crippen LogP contribution >= 0.6 is 0 Å². The summed E-state index contributed by atoms with van der Waals surface area (Å²) in [4.78, 5) is 10.6. The molecule has 25 heavy (non-hydrogen) atoms. The topological polar surface area (TPSA) is 49.7 Å². The number of hydrogen-bond acceptors (Lipinski definition) is 3. The van der Waals surface area contributed by atoms with Gasteiger partial charge in [-0.05, 0) is 38.1 Å². The quantitative estimate of drug-likeness (QED) is 0.639. The predicted molar refractivity (Wildman–Crippen MR) is 103 cm³/mol. The van der Waals surface area contributed by atoms with Crippen molar-refractivity contribution < 1.29 is 0 Å². The third-order valence-corrected chi connectivity index (χ3v) is 4.70. The van der Waals surface area contributed by atoms with Crippen molar-refractivity contribution in [1.29, 1.82) is 0 Å². The Labute approximate surface area is 149 Å². The molecule has 132 valence electrons. The molecule has 0 unspecified atom stereocenters. The van der Waals surface area contributed by atoms with Gasteiger partial charge in [0.2, 0.25) is 0 Å². The lowest BCUT2D eigenvalue weighted by molar-refractivity contribution is 0.281. The van der Waals surface area contributed by atoms with Gasteiger partial charge in [-0.3, -0.25) is 9.58 Å². The van der Waals surface area contributed by atoms with Crippen LogP contribution in [0.3, 0.4) is 0 Å². The summed E-state index contributed by atoms with van der Waals surface area (Å²) >= 11 is 0. The van der Waals surface area contributed by atoms with Gasteiger partial charge in [-0.1, -0.05) is 19.1 Å². The van der Waals surface area contributed by atoms with E-state index in [9.17, 15) is 0 Å². The molecule has 0 saturated carbocycles. The fourth-order valence-electron chi connectivity index (χ4n) is 3.10. The van der Waals surface area contributed by atoms with Gasteiger partial charge in [0.15, 0.2) is 0 Å². The number of aryl methyl sites for hydroxylation is 1. The molecule has 3 aromatic rings. The Morgan fingerprint density at radius 3 is 2.92 bits per heavy atom. The van der Waals surface area contributed by atoms with Gasteiger partial charge in [0, 0.05) is 30.8 Å². The number of nitrogens with one attached hydrogen (secondary N) is 1. The Hall–Kier alpha value is -2.40. The van der Waals surface area contributed by atoms with Crippen LogP contribution in [0.15, 0.2) is 37.1 Å². The molecule has 0 aliphatic rings. The van der Waals surface area contributed by atoms with Crippen molar-refractivity contribution in [2.45, 2.75) is 40.3 Å². The third-order valence-electron chi connectivity index (χ3n) is 4.70. The van der Waals surface area contributed by atoms with E-state index >= 15 is 0 Å². The molecule has 2 heterocycles. The Balaban J connectivity index is 1.64. The van der Waals surface area contributed by atoms with E-state index in [-0.39, 0.29) is 0 Å². The summed E-state index contributed by atoms with van der Waals surface area (Å²) in [7, 11) is 0. The minimum atomic E-state index is 0.760. The molecule has 0 aliphatic heterocycles. The van der Waals surface area contributed by atoms with Crippen molar-refractivity contribution in [1.82, 2.24) is 24.6 Å². The van der Waals surface area contributed by atoms with Crippen LogP contribution in [0.2, 0.25) is 0 Å². The van der Waals surface area contributed by atoms with Crippen LogP contribution in [-0.2, 0) is 19.5 Å². The summed E-state index contributed by atoms with van der Waals surface area (Å²) in [5.41, 5.74) is 5.93. The lowest BCUT2D eigenvalue weighted by atomic mass is 10.2. The highest BCUT2D eigenvalue weighted by atomic mass is 15.3. The molecule has 0 saturated heterocycles. The van der Waals surface area contributed by atoms with E-state index in [4.69, 9.17) is 4.98 Å². The fraction of sp³-hybridized carbons (Fsp3) is 0.400. The maximum atomic E-state index is 4.70. The van der Waals surface area contributed by atoms with Crippen LogP contribution in [0.4, 0.5) is 0 Å². The molecule has 0 atom stereocenters. The van der Waals surface area contributed by atoms with E-state index in [1.165, 1.54) is 16.8 Å². The first-order valence-corrected chi connectivity index (χ1v) is 8.90. The average Bonchev–Trinajstić information content (AvgIpc) is 3.15. The molecule has 0 spiro atoms. The maximum absolute atomic E-state index is 4.70. The molecule has 0 fully saturated rings. The molecule has 0 aliphatic carbocycles. The highest BCUT2D eigenvalue weighted by molar-refractivity contribution is 5.75. The first kappa shape index (κ1) is 17.4. The Morgan fingerprint density at radius 2 is 2.16 bits per heavy atom. The van der Waals surface area contributed by atoms with E-state index in [1.807, 2.05) is 17.0 Å². The zero-order valence-corrected chi connectivity index (χ0v) is 15.4. The monoisotopic (exact) mass is 337 g/mol. The van der Waals surface area contributed by atoms with Crippen molar-refractivity contribution in [2.75, 3.05) is 13.1 Å². The van der Waals surface area contributed by atoms with Crippen LogP contribution in [0.5, 0.6) is 0 Å². The number of likely N-dealkylation sites (N-methyl/N-ethyl adjacent to an activating group) is 1. The Bertz CT molecular complexity index is 858. The predicted octanol–water partition coefficient (Wildman–Crippen LogP) is 3.63. The summed E-state index contributed by atoms with van der Waals surface area (Å²) < 4.78 is 2.00. The van der Waals surface area contributed by atoms with Gasteiger partial charge in [-0.25, -0.2) is 4.98 Å².